The van der Waals surface area contributed by atoms with Crippen molar-refractivity contribution >= 4 is 5.69 Å². The normalized spacial score (nSPS) is 23.3. The molecular formula is C23H29NO3. The highest BCUT2D eigenvalue weighted by Gasteiger charge is 2.41. The Kier molecular flexibility index (Phi) is 5.26. The molecule has 0 radical (unpaired) electrons. The van der Waals surface area contributed by atoms with Crippen molar-refractivity contribution in [3.63, 3.8) is 0 Å². The van der Waals surface area contributed by atoms with Crippen LogP contribution in [-0.4, -0.2) is 19.8 Å². The summed E-state index contributed by atoms with van der Waals surface area (Å²) < 4.78 is 17.8. The first-order chi connectivity index (χ1) is 13.2. The van der Waals surface area contributed by atoms with Gasteiger partial charge in [-0.3, -0.25) is 0 Å². The SMILES string of the molecule is CCOc1ccc([C@@H]2Nc3ccc(CC)cc3[C@H]3OCC[C@H]32)cc1OCC. The van der Waals surface area contributed by atoms with E-state index in [0.717, 1.165) is 30.9 Å². The number of fused-ring (bicyclic) bond motifs is 3. The lowest BCUT2D eigenvalue weighted by atomic mass is 9.80. The molecule has 1 saturated heterocycles. The molecule has 1 N–H and O–H groups in total. The van der Waals surface area contributed by atoms with Crippen molar-refractivity contribution in [2.24, 2.45) is 5.92 Å². The van der Waals surface area contributed by atoms with Crippen molar-refractivity contribution < 1.29 is 14.2 Å². The summed E-state index contributed by atoms with van der Waals surface area (Å²) in [4.78, 5) is 0. The van der Waals surface area contributed by atoms with Crippen LogP contribution in [0.1, 0.15) is 56.0 Å². The lowest BCUT2D eigenvalue weighted by Gasteiger charge is -2.37. The van der Waals surface area contributed by atoms with Gasteiger partial charge in [0.15, 0.2) is 11.5 Å². The Bertz CT molecular complexity index is 804. The Hall–Kier alpha value is -2.20. The smallest absolute Gasteiger partial charge is 0.161 e. The third-order valence-electron chi connectivity index (χ3n) is 5.63. The summed E-state index contributed by atoms with van der Waals surface area (Å²) in [6, 6.07) is 13.3. The summed E-state index contributed by atoms with van der Waals surface area (Å²) in [6.07, 6.45) is 2.28. The average molecular weight is 367 g/mol. The van der Waals surface area contributed by atoms with Gasteiger partial charge >= 0.3 is 0 Å². The Balaban J connectivity index is 1.70. The maximum absolute atomic E-state index is 6.18. The largest absolute Gasteiger partial charge is 0.490 e. The number of rotatable bonds is 6. The lowest BCUT2D eigenvalue weighted by molar-refractivity contribution is 0.0828. The van der Waals surface area contributed by atoms with Crippen LogP contribution in [0.15, 0.2) is 36.4 Å². The van der Waals surface area contributed by atoms with Crippen molar-refractivity contribution in [3.8, 4) is 11.5 Å². The van der Waals surface area contributed by atoms with E-state index in [9.17, 15) is 0 Å². The van der Waals surface area contributed by atoms with Crippen LogP contribution in [0.5, 0.6) is 11.5 Å². The first kappa shape index (κ1) is 18.2. The highest BCUT2D eigenvalue weighted by atomic mass is 16.5. The van der Waals surface area contributed by atoms with Crippen LogP contribution in [0.25, 0.3) is 0 Å². The first-order valence-electron chi connectivity index (χ1n) is 10.2. The molecule has 2 aromatic rings. The molecule has 0 unspecified atom stereocenters. The zero-order chi connectivity index (χ0) is 18.8. The number of hydrogen-bond acceptors (Lipinski definition) is 4. The van der Waals surface area contributed by atoms with Gasteiger partial charge in [0.2, 0.25) is 0 Å². The zero-order valence-electron chi connectivity index (χ0n) is 16.5. The zero-order valence-corrected chi connectivity index (χ0v) is 16.5. The molecule has 4 heteroatoms. The van der Waals surface area contributed by atoms with Crippen LogP contribution >= 0.6 is 0 Å². The molecule has 27 heavy (non-hydrogen) atoms. The standard InChI is InChI=1S/C23H29NO3/c1-4-15-7-9-19-18(13-15)23-17(11-12-27-23)22(24-19)16-8-10-20(25-5-2)21(14-16)26-6-3/h7-10,13-14,17,22-24H,4-6,11-12H2,1-3H3/t17-,22-,23-/m0/s1. The number of anilines is 1. The molecule has 2 aliphatic rings. The second kappa shape index (κ2) is 7.81. The van der Waals surface area contributed by atoms with Gasteiger partial charge in [-0.1, -0.05) is 25.1 Å². The molecule has 0 saturated carbocycles. The molecule has 0 amide bonds. The molecule has 0 aromatic heterocycles. The molecular weight excluding hydrogens is 338 g/mol. The second-order valence-corrected chi connectivity index (χ2v) is 7.21. The van der Waals surface area contributed by atoms with Crippen molar-refractivity contribution in [2.45, 2.75) is 45.8 Å². The van der Waals surface area contributed by atoms with E-state index >= 15 is 0 Å². The molecule has 2 heterocycles. The van der Waals surface area contributed by atoms with Crippen molar-refractivity contribution in [1.29, 1.82) is 0 Å². The van der Waals surface area contributed by atoms with E-state index in [1.807, 2.05) is 19.9 Å². The average Bonchev–Trinajstić information content (AvgIpc) is 3.19. The van der Waals surface area contributed by atoms with Gasteiger partial charge in [-0.2, -0.15) is 0 Å². The summed E-state index contributed by atoms with van der Waals surface area (Å²) >= 11 is 0. The van der Waals surface area contributed by atoms with Gasteiger partial charge in [-0.05, 0) is 56.0 Å². The third-order valence-corrected chi connectivity index (χ3v) is 5.63. The summed E-state index contributed by atoms with van der Waals surface area (Å²) in [5.74, 6) is 2.06. The minimum absolute atomic E-state index is 0.167. The van der Waals surface area contributed by atoms with E-state index in [1.165, 1.54) is 22.4 Å². The van der Waals surface area contributed by atoms with Gasteiger partial charge < -0.3 is 19.5 Å². The van der Waals surface area contributed by atoms with Gasteiger partial charge in [-0.15, -0.1) is 0 Å². The molecule has 2 aromatic carbocycles. The van der Waals surface area contributed by atoms with Crippen molar-refractivity contribution in [1.82, 2.24) is 0 Å². The van der Waals surface area contributed by atoms with Crippen LogP contribution in [0, 0.1) is 5.92 Å². The summed E-state index contributed by atoms with van der Waals surface area (Å²) in [7, 11) is 0. The molecule has 4 nitrogen and oxygen atoms in total. The van der Waals surface area contributed by atoms with E-state index in [4.69, 9.17) is 14.2 Å². The molecule has 3 atom stereocenters. The van der Waals surface area contributed by atoms with Crippen LogP contribution < -0.4 is 14.8 Å². The third kappa shape index (κ3) is 3.39. The van der Waals surface area contributed by atoms with Crippen LogP contribution in [0.4, 0.5) is 5.69 Å². The number of hydrogen-bond donors (Lipinski definition) is 1. The topological polar surface area (TPSA) is 39.7 Å². The quantitative estimate of drug-likeness (QED) is 0.753. The predicted molar refractivity (Wildman–Crippen MR) is 108 cm³/mol. The van der Waals surface area contributed by atoms with Gasteiger partial charge in [0.25, 0.3) is 0 Å². The van der Waals surface area contributed by atoms with E-state index in [-0.39, 0.29) is 12.1 Å². The van der Waals surface area contributed by atoms with Crippen molar-refractivity contribution in [2.75, 3.05) is 25.1 Å². The Morgan fingerprint density at radius 2 is 1.81 bits per heavy atom. The van der Waals surface area contributed by atoms with Crippen LogP contribution in [0.3, 0.4) is 0 Å². The van der Waals surface area contributed by atoms with E-state index < -0.39 is 0 Å². The molecule has 144 valence electrons. The molecule has 0 bridgehead atoms. The van der Waals surface area contributed by atoms with Gasteiger partial charge in [0.1, 0.15) is 0 Å². The fourth-order valence-electron chi connectivity index (χ4n) is 4.33. The minimum Gasteiger partial charge on any atom is -0.490 e. The van der Waals surface area contributed by atoms with Crippen LogP contribution in [0.2, 0.25) is 0 Å². The van der Waals surface area contributed by atoms with Gasteiger partial charge in [0.05, 0.1) is 25.4 Å². The minimum atomic E-state index is 0.167. The maximum atomic E-state index is 6.18. The summed E-state index contributed by atoms with van der Waals surface area (Å²) in [5, 5.41) is 3.78. The van der Waals surface area contributed by atoms with E-state index in [0.29, 0.717) is 19.1 Å². The van der Waals surface area contributed by atoms with E-state index in [2.05, 4.69) is 42.6 Å². The first-order valence-corrected chi connectivity index (χ1v) is 10.2. The predicted octanol–water partition coefficient (Wildman–Crippen LogP) is 5.29. The second-order valence-electron chi connectivity index (χ2n) is 7.21. The molecule has 0 spiro atoms. The Morgan fingerprint density at radius 1 is 1.00 bits per heavy atom. The number of nitrogens with one attached hydrogen (secondary N) is 1. The Morgan fingerprint density at radius 3 is 2.59 bits per heavy atom. The monoisotopic (exact) mass is 367 g/mol. The fourth-order valence-corrected chi connectivity index (χ4v) is 4.33. The van der Waals surface area contributed by atoms with Crippen LogP contribution in [-0.2, 0) is 11.2 Å². The van der Waals surface area contributed by atoms with Gasteiger partial charge in [0, 0.05) is 23.8 Å². The number of benzene rings is 2. The number of ether oxygens (including phenoxy) is 3. The summed E-state index contributed by atoms with van der Waals surface area (Å²) in [6.45, 7) is 8.27. The summed E-state index contributed by atoms with van der Waals surface area (Å²) in [5.41, 5.74) is 5.09. The Labute approximate surface area is 161 Å². The highest BCUT2D eigenvalue weighted by molar-refractivity contribution is 5.59. The molecule has 1 fully saturated rings. The molecule has 4 rings (SSSR count). The number of aryl methyl sites for hydroxylation is 1. The van der Waals surface area contributed by atoms with E-state index in [1.54, 1.807) is 0 Å². The fraction of sp³-hybridized carbons (Fsp3) is 0.478. The van der Waals surface area contributed by atoms with Crippen molar-refractivity contribution in [3.05, 3.63) is 53.1 Å². The lowest BCUT2D eigenvalue weighted by Crippen LogP contribution is -2.29. The van der Waals surface area contributed by atoms with Gasteiger partial charge in [-0.25, -0.2) is 0 Å². The molecule has 2 aliphatic heterocycles. The maximum Gasteiger partial charge on any atom is 0.161 e. The molecule has 0 aliphatic carbocycles. The highest BCUT2D eigenvalue weighted by Crippen LogP contribution is 2.50.